The highest BCUT2D eigenvalue weighted by molar-refractivity contribution is 6.01. The first-order chi connectivity index (χ1) is 7.77. The van der Waals surface area contributed by atoms with Gasteiger partial charge >= 0.3 is 18.1 Å². The number of carboxylic acids is 1. The van der Waals surface area contributed by atoms with Gasteiger partial charge in [-0.3, -0.25) is 9.48 Å². The van der Waals surface area contributed by atoms with Crippen LogP contribution in [0.15, 0.2) is 6.20 Å². The highest BCUT2D eigenvalue weighted by atomic mass is 19.4. The molecule has 94 valence electrons. The lowest BCUT2D eigenvalue weighted by molar-refractivity contribution is -0.167. The predicted molar refractivity (Wildman–Crippen MR) is 49.5 cm³/mol. The minimum atomic E-state index is -5.08. The van der Waals surface area contributed by atoms with Gasteiger partial charge in [-0.1, -0.05) is 0 Å². The average Bonchev–Trinajstić information content (AvgIpc) is 2.59. The maximum absolute atomic E-state index is 12.0. The molecule has 0 atom stereocenters. The van der Waals surface area contributed by atoms with Gasteiger partial charge in [0.1, 0.15) is 0 Å². The summed E-state index contributed by atoms with van der Waals surface area (Å²) in [4.78, 5) is 21.4. The van der Waals surface area contributed by atoms with E-state index in [9.17, 15) is 22.8 Å². The summed E-state index contributed by atoms with van der Waals surface area (Å²) < 4.78 is 36.9. The first kappa shape index (κ1) is 13.0. The highest BCUT2D eigenvalue weighted by Gasteiger charge is 2.39. The number of rotatable bonds is 3. The van der Waals surface area contributed by atoms with Gasteiger partial charge in [0.15, 0.2) is 5.69 Å². The minimum Gasteiger partial charge on any atom is -0.476 e. The highest BCUT2D eigenvalue weighted by Crippen LogP contribution is 2.20. The van der Waals surface area contributed by atoms with E-state index in [4.69, 9.17) is 5.11 Å². The quantitative estimate of drug-likeness (QED) is 0.842. The summed E-state index contributed by atoms with van der Waals surface area (Å²) in [7, 11) is 0. The van der Waals surface area contributed by atoms with Crippen LogP contribution in [0.3, 0.4) is 0 Å². The van der Waals surface area contributed by atoms with Crippen LogP contribution in [-0.4, -0.2) is 32.9 Å². The van der Waals surface area contributed by atoms with E-state index in [-0.39, 0.29) is 6.54 Å². The molecule has 0 unspecified atom stereocenters. The second-order valence-corrected chi connectivity index (χ2v) is 2.98. The molecule has 1 aromatic rings. The summed E-state index contributed by atoms with van der Waals surface area (Å²) in [5, 5.41) is 13.8. The van der Waals surface area contributed by atoms with Crippen LogP contribution >= 0.6 is 0 Å². The van der Waals surface area contributed by atoms with E-state index < -0.39 is 29.4 Å². The largest absolute Gasteiger partial charge is 0.476 e. The number of carbonyl (C=O) groups is 2. The van der Waals surface area contributed by atoms with Crippen LogP contribution in [-0.2, 0) is 11.3 Å². The van der Waals surface area contributed by atoms with Gasteiger partial charge in [0.2, 0.25) is 0 Å². The molecule has 1 aromatic heterocycles. The molecule has 0 aliphatic rings. The molecule has 2 N–H and O–H groups in total. The minimum absolute atomic E-state index is 0.156. The van der Waals surface area contributed by atoms with Crippen molar-refractivity contribution in [2.45, 2.75) is 19.6 Å². The van der Waals surface area contributed by atoms with Crippen LogP contribution < -0.4 is 5.32 Å². The Morgan fingerprint density at radius 1 is 1.53 bits per heavy atom. The molecule has 0 radical (unpaired) electrons. The molecular weight excluding hydrogens is 243 g/mol. The van der Waals surface area contributed by atoms with Crippen LogP contribution in [0.2, 0.25) is 0 Å². The topological polar surface area (TPSA) is 84.2 Å². The fourth-order valence-corrected chi connectivity index (χ4v) is 1.14. The van der Waals surface area contributed by atoms with Gasteiger partial charge in [-0.25, -0.2) is 4.79 Å². The molecular formula is C8H8F3N3O3. The number of carbonyl (C=O) groups excluding carboxylic acids is 1. The third kappa shape index (κ3) is 2.74. The summed E-state index contributed by atoms with van der Waals surface area (Å²) >= 11 is 0. The summed E-state index contributed by atoms with van der Waals surface area (Å²) in [6, 6.07) is 0. The number of aromatic carboxylic acids is 1. The molecule has 0 aliphatic carbocycles. The third-order valence-electron chi connectivity index (χ3n) is 1.85. The number of amides is 1. The number of halogens is 3. The maximum Gasteiger partial charge on any atom is 0.471 e. The van der Waals surface area contributed by atoms with Crippen molar-refractivity contribution in [1.82, 2.24) is 9.78 Å². The van der Waals surface area contributed by atoms with Crippen molar-refractivity contribution >= 4 is 17.6 Å². The molecule has 17 heavy (non-hydrogen) atoms. The zero-order chi connectivity index (χ0) is 13.2. The number of alkyl halides is 3. The number of hydrogen-bond donors (Lipinski definition) is 2. The predicted octanol–water partition coefficient (Wildman–Crippen LogP) is 1.10. The molecule has 0 saturated carbocycles. The number of aryl methyl sites for hydroxylation is 1. The zero-order valence-corrected chi connectivity index (χ0v) is 8.58. The van der Waals surface area contributed by atoms with Crippen molar-refractivity contribution in [3.05, 3.63) is 11.9 Å². The first-order valence-electron chi connectivity index (χ1n) is 4.44. The Kier molecular flexibility index (Phi) is 3.39. The fraction of sp³-hybridized carbons (Fsp3) is 0.375. The monoisotopic (exact) mass is 251 g/mol. The molecule has 0 fully saturated rings. The third-order valence-corrected chi connectivity index (χ3v) is 1.85. The summed E-state index contributed by atoms with van der Waals surface area (Å²) in [5.74, 6) is -3.71. The van der Waals surface area contributed by atoms with Gasteiger partial charge in [0.25, 0.3) is 0 Å². The van der Waals surface area contributed by atoms with E-state index in [0.717, 1.165) is 10.9 Å². The van der Waals surface area contributed by atoms with Gasteiger partial charge in [0.05, 0.1) is 11.9 Å². The lowest BCUT2D eigenvalue weighted by Crippen LogP contribution is -2.30. The number of nitrogens with zero attached hydrogens (tertiary/aromatic N) is 2. The van der Waals surface area contributed by atoms with Gasteiger partial charge in [-0.15, -0.1) is 0 Å². The Labute approximate surface area is 93.0 Å². The molecule has 1 rings (SSSR count). The first-order valence-corrected chi connectivity index (χ1v) is 4.44. The number of carboxylic acid groups (broad SMARTS) is 1. The Balaban J connectivity index is 3.04. The molecule has 9 heteroatoms. The molecule has 1 heterocycles. The Morgan fingerprint density at radius 3 is 2.53 bits per heavy atom. The normalized spacial score (nSPS) is 11.3. The molecule has 0 spiro atoms. The van der Waals surface area contributed by atoms with Crippen molar-refractivity contribution in [1.29, 1.82) is 0 Å². The van der Waals surface area contributed by atoms with E-state index in [1.165, 1.54) is 5.32 Å². The van der Waals surface area contributed by atoms with Crippen molar-refractivity contribution < 1.29 is 27.9 Å². The molecule has 6 nitrogen and oxygen atoms in total. The van der Waals surface area contributed by atoms with E-state index in [1.54, 1.807) is 6.92 Å². The van der Waals surface area contributed by atoms with Crippen molar-refractivity contribution in [2.75, 3.05) is 5.32 Å². The number of hydrogen-bond acceptors (Lipinski definition) is 3. The fourth-order valence-electron chi connectivity index (χ4n) is 1.14. The number of nitrogens with one attached hydrogen (secondary N) is 1. The van der Waals surface area contributed by atoms with Gasteiger partial charge in [0, 0.05) is 6.54 Å². The van der Waals surface area contributed by atoms with Crippen LogP contribution in [0.1, 0.15) is 17.4 Å². The molecule has 0 aliphatic heterocycles. The second-order valence-electron chi connectivity index (χ2n) is 2.98. The molecule has 0 aromatic carbocycles. The average molecular weight is 251 g/mol. The lowest BCUT2D eigenvalue weighted by Gasteiger charge is -2.07. The van der Waals surface area contributed by atoms with E-state index in [1.807, 2.05) is 0 Å². The second kappa shape index (κ2) is 4.44. The Hall–Kier alpha value is -2.06. The standard InChI is InChI=1S/C8H8F3N3O3/c1-2-14-5(6(15)16)4(3-12-14)13-7(17)8(9,10)11/h3H,2H2,1H3,(H,13,17)(H,15,16). The van der Waals surface area contributed by atoms with E-state index in [0.29, 0.717) is 0 Å². The SMILES string of the molecule is CCn1ncc(NC(=O)C(F)(F)F)c1C(=O)O. The zero-order valence-electron chi connectivity index (χ0n) is 8.58. The van der Waals surface area contributed by atoms with Crippen LogP contribution in [0, 0.1) is 0 Å². The number of anilines is 1. The van der Waals surface area contributed by atoms with Crippen molar-refractivity contribution in [2.24, 2.45) is 0 Å². The summed E-state index contributed by atoms with van der Waals surface area (Å²) in [6.07, 6.45) is -4.22. The van der Waals surface area contributed by atoms with Crippen molar-refractivity contribution in [3.8, 4) is 0 Å². The molecule has 1 amide bonds. The lowest BCUT2D eigenvalue weighted by atomic mass is 10.3. The van der Waals surface area contributed by atoms with Gasteiger partial charge in [-0.05, 0) is 6.92 Å². The van der Waals surface area contributed by atoms with Crippen LogP contribution in [0.5, 0.6) is 0 Å². The van der Waals surface area contributed by atoms with Crippen LogP contribution in [0.25, 0.3) is 0 Å². The van der Waals surface area contributed by atoms with E-state index >= 15 is 0 Å². The van der Waals surface area contributed by atoms with E-state index in [2.05, 4.69) is 5.10 Å². The Bertz CT molecular complexity index is 453. The van der Waals surface area contributed by atoms with Crippen LogP contribution in [0.4, 0.5) is 18.9 Å². The summed E-state index contributed by atoms with van der Waals surface area (Å²) in [5.41, 5.74) is -0.980. The van der Waals surface area contributed by atoms with Gasteiger partial charge < -0.3 is 10.4 Å². The van der Waals surface area contributed by atoms with Crippen molar-refractivity contribution in [3.63, 3.8) is 0 Å². The van der Waals surface area contributed by atoms with Gasteiger partial charge in [-0.2, -0.15) is 18.3 Å². The smallest absolute Gasteiger partial charge is 0.471 e. The molecule has 0 saturated heterocycles. The number of aromatic nitrogens is 2. The Morgan fingerprint density at radius 2 is 2.12 bits per heavy atom. The summed E-state index contributed by atoms with van der Waals surface area (Å²) in [6.45, 7) is 1.72. The molecule has 0 bridgehead atoms. The maximum atomic E-state index is 12.0.